The van der Waals surface area contributed by atoms with Gasteiger partial charge in [0.2, 0.25) is 0 Å². The van der Waals surface area contributed by atoms with E-state index >= 15 is 0 Å². The summed E-state index contributed by atoms with van der Waals surface area (Å²) in [5, 5.41) is 5.65. The third-order valence-corrected chi connectivity index (χ3v) is 4.73. The highest BCUT2D eigenvalue weighted by molar-refractivity contribution is 5.95. The van der Waals surface area contributed by atoms with Gasteiger partial charge in [0.1, 0.15) is 5.76 Å². The van der Waals surface area contributed by atoms with Gasteiger partial charge >= 0.3 is 12.0 Å². The Hall–Kier alpha value is -3.10. The lowest BCUT2D eigenvalue weighted by atomic mass is 9.95. The van der Waals surface area contributed by atoms with Crippen LogP contribution in [-0.4, -0.2) is 50.3 Å². The zero-order chi connectivity index (χ0) is 21.3. The molecule has 1 aromatic carbocycles. The van der Waals surface area contributed by atoms with Gasteiger partial charge in [-0.15, -0.1) is 0 Å². The van der Waals surface area contributed by atoms with Gasteiger partial charge in [0, 0.05) is 25.9 Å². The number of ether oxygens (including phenoxy) is 2. The number of rotatable bonds is 10. The van der Waals surface area contributed by atoms with Crippen LogP contribution in [0.3, 0.4) is 0 Å². The van der Waals surface area contributed by atoms with E-state index in [4.69, 9.17) is 13.9 Å². The summed E-state index contributed by atoms with van der Waals surface area (Å²) in [6, 6.07) is 12.1. The molecule has 1 aromatic heterocycles. The number of hydrogen-bond donors (Lipinski definition) is 2. The van der Waals surface area contributed by atoms with Crippen molar-refractivity contribution in [2.75, 3.05) is 33.4 Å². The largest absolute Gasteiger partial charge is 0.468 e. The minimum atomic E-state index is -0.595. The minimum absolute atomic E-state index is 0.241. The summed E-state index contributed by atoms with van der Waals surface area (Å²) in [6.07, 6.45) is 1.62. The van der Waals surface area contributed by atoms with Crippen molar-refractivity contribution in [1.29, 1.82) is 0 Å². The van der Waals surface area contributed by atoms with Crippen LogP contribution >= 0.6 is 0 Å². The fourth-order valence-corrected chi connectivity index (χ4v) is 3.37. The summed E-state index contributed by atoms with van der Waals surface area (Å²) < 4.78 is 16.0. The summed E-state index contributed by atoms with van der Waals surface area (Å²) in [6.45, 7) is 3.93. The van der Waals surface area contributed by atoms with E-state index in [2.05, 4.69) is 10.6 Å². The third-order valence-electron chi connectivity index (χ3n) is 4.73. The maximum absolute atomic E-state index is 12.9. The van der Waals surface area contributed by atoms with E-state index in [0.29, 0.717) is 37.5 Å². The first kappa shape index (κ1) is 21.6. The highest BCUT2D eigenvalue weighted by Crippen LogP contribution is 2.28. The van der Waals surface area contributed by atoms with Crippen molar-refractivity contribution in [3.8, 4) is 0 Å². The molecule has 0 saturated carbocycles. The second-order valence-corrected chi connectivity index (χ2v) is 6.84. The van der Waals surface area contributed by atoms with Gasteiger partial charge in [0.25, 0.3) is 0 Å². The molecule has 0 aliphatic carbocycles. The molecular weight excluding hydrogens is 386 g/mol. The van der Waals surface area contributed by atoms with Crippen LogP contribution in [0.15, 0.2) is 64.4 Å². The normalized spacial score (nSPS) is 16.4. The van der Waals surface area contributed by atoms with E-state index in [1.807, 2.05) is 47.4 Å². The summed E-state index contributed by atoms with van der Waals surface area (Å²) in [4.78, 5) is 27.4. The van der Waals surface area contributed by atoms with E-state index in [1.54, 1.807) is 20.3 Å². The maximum atomic E-state index is 12.9. The van der Waals surface area contributed by atoms with E-state index in [-0.39, 0.29) is 12.6 Å². The molecule has 0 radical (unpaired) electrons. The van der Waals surface area contributed by atoms with E-state index in [9.17, 15) is 9.59 Å². The number of nitrogens with zero attached hydrogens (tertiary/aromatic N) is 1. The Kier molecular flexibility index (Phi) is 7.64. The Morgan fingerprint density at radius 1 is 1.17 bits per heavy atom. The highest BCUT2D eigenvalue weighted by atomic mass is 16.5. The number of methoxy groups -OCH3 is 1. The van der Waals surface area contributed by atoms with Gasteiger partial charge in [-0.1, -0.05) is 30.3 Å². The smallest absolute Gasteiger partial charge is 0.338 e. The lowest BCUT2D eigenvalue weighted by molar-refractivity contribution is -0.139. The van der Waals surface area contributed by atoms with Crippen LogP contribution in [-0.2, 0) is 20.8 Å². The second-order valence-electron chi connectivity index (χ2n) is 6.84. The molecular formula is C22H27N3O5. The molecule has 2 N–H and O–H groups in total. The Morgan fingerprint density at radius 3 is 2.63 bits per heavy atom. The molecule has 0 saturated heterocycles. The van der Waals surface area contributed by atoms with Crippen LogP contribution in [0.1, 0.15) is 24.3 Å². The highest BCUT2D eigenvalue weighted by Gasteiger charge is 2.34. The third kappa shape index (κ3) is 5.49. The van der Waals surface area contributed by atoms with Crippen molar-refractivity contribution < 1.29 is 23.5 Å². The Bertz CT molecular complexity index is 864. The van der Waals surface area contributed by atoms with Crippen molar-refractivity contribution in [2.45, 2.75) is 19.5 Å². The molecule has 1 atom stereocenters. The van der Waals surface area contributed by atoms with Gasteiger partial charge in [-0.2, -0.15) is 0 Å². The van der Waals surface area contributed by atoms with Gasteiger partial charge < -0.3 is 24.5 Å². The van der Waals surface area contributed by atoms with Crippen LogP contribution in [0, 0.1) is 0 Å². The van der Waals surface area contributed by atoms with E-state index in [1.165, 1.54) is 0 Å². The standard InChI is InChI=1S/C22H27N3O5/c1-3-29-21(26)19-18(15-25(11-13-28-2)14-17-10-7-12-30-17)23-22(27)24-20(19)16-8-5-4-6-9-16/h4-10,12,20H,3,11,13-15H2,1-2H3,(H2,23,24,27). The molecule has 2 amide bonds. The van der Waals surface area contributed by atoms with Gasteiger partial charge in [0.15, 0.2) is 0 Å². The quantitative estimate of drug-likeness (QED) is 0.582. The number of carbonyl (C=O) groups is 2. The molecule has 2 heterocycles. The fraction of sp³-hybridized carbons (Fsp3) is 0.364. The molecule has 1 aliphatic heterocycles. The monoisotopic (exact) mass is 413 g/mol. The average Bonchev–Trinajstić information content (AvgIpc) is 3.25. The number of hydrogen-bond acceptors (Lipinski definition) is 6. The molecule has 1 aliphatic rings. The number of esters is 1. The molecule has 0 bridgehead atoms. The predicted molar refractivity (Wildman–Crippen MR) is 110 cm³/mol. The molecule has 8 heteroatoms. The lowest BCUT2D eigenvalue weighted by Gasteiger charge is -2.32. The van der Waals surface area contributed by atoms with Crippen LogP contribution < -0.4 is 10.6 Å². The van der Waals surface area contributed by atoms with Gasteiger partial charge in [0.05, 0.1) is 37.6 Å². The first-order valence-corrected chi connectivity index (χ1v) is 9.88. The number of carbonyl (C=O) groups excluding carboxylic acids is 2. The Balaban J connectivity index is 1.95. The molecule has 3 rings (SSSR count). The van der Waals surface area contributed by atoms with Crippen LogP contribution in [0.4, 0.5) is 4.79 Å². The summed E-state index contributed by atoms with van der Waals surface area (Å²) >= 11 is 0. The number of nitrogens with one attached hydrogen (secondary N) is 2. The van der Waals surface area contributed by atoms with Crippen molar-refractivity contribution in [3.05, 3.63) is 71.3 Å². The molecule has 1 unspecified atom stereocenters. The van der Waals surface area contributed by atoms with Crippen molar-refractivity contribution in [3.63, 3.8) is 0 Å². The number of urea groups is 1. The zero-order valence-electron chi connectivity index (χ0n) is 17.2. The summed E-state index contributed by atoms with van der Waals surface area (Å²) in [5.74, 6) is 0.322. The molecule has 30 heavy (non-hydrogen) atoms. The van der Waals surface area contributed by atoms with Crippen molar-refractivity contribution >= 4 is 12.0 Å². The number of benzene rings is 1. The van der Waals surface area contributed by atoms with Crippen LogP contribution in [0.25, 0.3) is 0 Å². The zero-order valence-corrected chi connectivity index (χ0v) is 17.2. The van der Waals surface area contributed by atoms with E-state index < -0.39 is 12.0 Å². The average molecular weight is 413 g/mol. The van der Waals surface area contributed by atoms with Crippen LogP contribution in [0.2, 0.25) is 0 Å². The van der Waals surface area contributed by atoms with E-state index in [0.717, 1.165) is 11.3 Å². The number of furan rings is 1. The fourth-order valence-electron chi connectivity index (χ4n) is 3.37. The minimum Gasteiger partial charge on any atom is -0.468 e. The van der Waals surface area contributed by atoms with Gasteiger partial charge in [-0.3, -0.25) is 4.90 Å². The Morgan fingerprint density at radius 2 is 1.97 bits per heavy atom. The van der Waals surface area contributed by atoms with Gasteiger partial charge in [-0.25, -0.2) is 9.59 Å². The number of amides is 2. The van der Waals surface area contributed by atoms with Crippen molar-refractivity contribution in [1.82, 2.24) is 15.5 Å². The lowest BCUT2D eigenvalue weighted by Crippen LogP contribution is -2.48. The van der Waals surface area contributed by atoms with Gasteiger partial charge in [-0.05, 0) is 24.6 Å². The molecule has 8 nitrogen and oxygen atoms in total. The first-order chi connectivity index (χ1) is 14.6. The topological polar surface area (TPSA) is 93.0 Å². The summed E-state index contributed by atoms with van der Waals surface area (Å²) in [7, 11) is 1.63. The predicted octanol–water partition coefficient (Wildman–Crippen LogP) is 2.60. The summed E-state index contributed by atoms with van der Waals surface area (Å²) in [5.41, 5.74) is 1.71. The second kappa shape index (κ2) is 10.6. The maximum Gasteiger partial charge on any atom is 0.338 e. The molecule has 160 valence electrons. The molecule has 0 fully saturated rings. The molecule has 2 aromatic rings. The Labute approximate surface area is 175 Å². The van der Waals surface area contributed by atoms with Crippen LogP contribution in [0.5, 0.6) is 0 Å². The SMILES string of the molecule is CCOC(=O)C1=C(CN(CCOC)Cc2ccco2)NC(=O)NC1c1ccccc1. The first-order valence-electron chi connectivity index (χ1n) is 9.88. The van der Waals surface area contributed by atoms with Crippen molar-refractivity contribution in [2.24, 2.45) is 0 Å². The molecule has 0 spiro atoms.